The summed E-state index contributed by atoms with van der Waals surface area (Å²) < 4.78 is 20.4. The first kappa shape index (κ1) is 13.3. The van der Waals surface area contributed by atoms with E-state index in [-0.39, 0.29) is 5.02 Å². The van der Waals surface area contributed by atoms with Gasteiger partial charge < -0.3 is 4.74 Å². The molecular weight excluding hydrogens is 394 g/mol. The third-order valence-corrected chi connectivity index (χ3v) is 4.48. The maximum Gasteiger partial charge on any atom is 0.145 e. The second-order valence-electron chi connectivity index (χ2n) is 3.19. The topological polar surface area (TPSA) is 9.23 Å². The number of halogens is 4. The second kappa shape index (κ2) is 5.69. The van der Waals surface area contributed by atoms with E-state index in [9.17, 15) is 4.39 Å². The highest BCUT2D eigenvalue weighted by Gasteiger charge is 2.08. The molecule has 0 unspecified atom stereocenters. The summed E-state index contributed by atoms with van der Waals surface area (Å²) in [5.41, 5.74) is 0. The molecule has 1 aromatic heterocycles. The zero-order chi connectivity index (χ0) is 12.4. The van der Waals surface area contributed by atoms with Gasteiger partial charge in [0.15, 0.2) is 0 Å². The molecule has 0 radical (unpaired) electrons. The average molecular weight is 400 g/mol. The van der Waals surface area contributed by atoms with Crippen molar-refractivity contribution in [3.05, 3.63) is 48.2 Å². The summed E-state index contributed by atoms with van der Waals surface area (Å²) in [4.78, 5) is 1.05. The molecule has 0 fully saturated rings. The van der Waals surface area contributed by atoms with Gasteiger partial charge in [0.1, 0.15) is 18.2 Å². The minimum absolute atomic E-state index is 0.0723. The minimum atomic E-state index is -0.489. The Balaban J connectivity index is 2.11. The molecule has 0 amide bonds. The van der Waals surface area contributed by atoms with Crippen LogP contribution < -0.4 is 4.74 Å². The molecule has 0 saturated heterocycles. The highest BCUT2D eigenvalue weighted by Crippen LogP contribution is 2.32. The third-order valence-electron chi connectivity index (χ3n) is 1.97. The van der Waals surface area contributed by atoms with Crippen LogP contribution in [-0.2, 0) is 6.61 Å². The van der Waals surface area contributed by atoms with E-state index in [0.29, 0.717) is 16.8 Å². The van der Waals surface area contributed by atoms with E-state index in [2.05, 4.69) is 31.9 Å². The zero-order valence-corrected chi connectivity index (χ0v) is 13.1. The van der Waals surface area contributed by atoms with Crippen LogP contribution >= 0.6 is 54.8 Å². The molecule has 17 heavy (non-hydrogen) atoms. The lowest BCUT2D eigenvalue weighted by Gasteiger charge is -2.07. The summed E-state index contributed by atoms with van der Waals surface area (Å²) in [6.07, 6.45) is 0. The molecule has 1 heterocycles. The van der Waals surface area contributed by atoms with E-state index in [4.69, 9.17) is 16.3 Å². The quantitative estimate of drug-likeness (QED) is 0.606. The van der Waals surface area contributed by atoms with Crippen molar-refractivity contribution >= 4 is 54.8 Å². The molecule has 1 nitrogen and oxygen atoms in total. The predicted molar refractivity (Wildman–Crippen MR) is 75.5 cm³/mol. The summed E-state index contributed by atoms with van der Waals surface area (Å²) in [6.45, 7) is 0.399. The molecule has 0 N–H and O–H groups in total. The van der Waals surface area contributed by atoms with Crippen LogP contribution in [0.3, 0.4) is 0 Å². The average Bonchev–Trinajstić information content (AvgIpc) is 2.68. The second-order valence-corrected chi connectivity index (χ2v) is 7.00. The smallest absolute Gasteiger partial charge is 0.145 e. The summed E-state index contributed by atoms with van der Waals surface area (Å²) >= 11 is 13.9. The largest absolute Gasteiger partial charge is 0.487 e. The van der Waals surface area contributed by atoms with Gasteiger partial charge in [-0.3, -0.25) is 0 Å². The SMILES string of the molecule is Fc1cc(OCc2ccc(Br)s2)c(Br)cc1Cl. The normalized spacial score (nSPS) is 10.6. The fourth-order valence-electron chi connectivity index (χ4n) is 1.19. The molecule has 0 saturated carbocycles. The van der Waals surface area contributed by atoms with Gasteiger partial charge in [-0.05, 0) is 50.1 Å². The monoisotopic (exact) mass is 398 g/mol. The van der Waals surface area contributed by atoms with Gasteiger partial charge >= 0.3 is 0 Å². The van der Waals surface area contributed by atoms with E-state index in [1.54, 1.807) is 11.3 Å². The van der Waals surface area contributed by atoms with E-state index < -0.39 is 5.82 Å². The van der Waals surface area contributed by atoms with Gasteiger partial charge in [-0.2, -0.15) is 0 Å². The molecule has 0 aliphatic heterocycles. The van der Waals surface area contributed by atoms with Crippen LogP contribution in [0.25, 0.3) is 0 Å². The summed E-state index contributed by atoms with van der Waals surface area (Å²) in [5.74, 6) is -0.0475. The Bertz CT molecular complexity index is 544. The van der Waals surface area contributed by atoms with Crippen molar-refractivity contribution in [3.8, 4) is 5.75 Å². The first-order valence-electron chi connectivity index (χ1n) is 4.58. The third kappa shape index (κ3) is 3.44. The molecule has 0 bridgehead atoms. The molecule has 6 heteroatoms. The first-order valence-corrected chi connectivity index (χ1v) is 7.36. The van der Waals surface area contributed by atoms with Crippen molar-refractivity contribution in [1.82, 2.24) is 0 Å². The maximum absolute atomic E-state index is 13.3. The van der Waals surface area contributed by atoms with Crippen molar-refractivity contribution in [2.75, 3.05) is 0 Å². The fourth-order valence-corrected chi connectivity index (χ4v) is 3.34. The van der Waals surface area contributed by atoms with Gasteiger partial charge in [0.2, 0.25) is 0 Å². The van der Waals surface area contributed by atoms with Crippen molar-refractivity contribution < 1.29 is 9.13 Å². The van der Waals surface area contributed by atoms with Crippen molar-refractivity contribution in [2.45, 2.75) is 6.61 Å². The number of thiophene rings is 1. The Kier molecular flexibility index (Phi) is 4.47. The Morgan fingerprint density at radius 3 is 2.71 bits per heavy atom. The summed E-state index contributed by atoms with van der Waals surface area (Å²) in [7, 11) is 0. The highest BCUT2D eigenvalue weighted by atomic mass is 79.9. The van der Waals surface area contributed by atoms with Gasteiger partial charge in [-0.1, -0.05) is 11.6 Å². The molecule has 0 atom stereocenters. The Labute approximate surface area is 124 Å². The van der Waals surface area contributed by atoms with Crippen molar-refractivity contribution in [1.29, 1.82) is 0 Å². The van der Waals surface area contributed by atoms with E-state index >= 15 is 0 Å². The highest BCUT2D eigenvalue weighted by molar-refractivity contribution is 9.11. The van der Waals surface area contributed by atoms with Gasteiger partial charge in [0, 0.05) is 10.9 Å². The lowest BCUT2D eigenvalue weighted by Crippen LogP contribution is -1.94. The van der Waals surface area contributed by atoms with Crippen LogP contribution in [0.1, 0.15) is 4.88 Å². The molecule has 0 aliphatic rings. The number of ether oxygens (including phenoxy) is 1. The van der Waals surface area contributed by atoms with Crippen LogP contribution in [0.4, 0.5) is 4.39 Å². The molecule has 0 spiro atoms. The fraction of sp³-hybridized carbons (Fsp3) is 0.0909. The van der Waals surface area contributed by atoms with E-state index in [0.717, 1.165) is 8.66 Å². The molecule has 2 rings (SSSR count). The minimum Gasteiger partial charge on any atom is -0.487 e. The van der Waals surface area contributed by atoms with Crippen LogP contribution in [0, 0.1) is 5.82 Å². The summed E-state index contributed by atoms with van der Waals surface area (Å²) in [6, 6.07) is 6.65. The van der Waals surface area contributed by atoms with Crippen LogP contribution in [0.15, 0.2) is 32.5 Å². The molecular formula is C11H6Br2ClFOS. The lowest BCUT2D eigenvalue weighted by molar-refractivity contribution is 0.306. The van der Waals surface area contributed by atoms with E-state index in [1.165, 1.54) is 12.1 Å². The number of rotatable bonds is 3. The standard InChI is InChI=1S/C11H6Br2ClFOS/c12-7-3-8(14)9(15)4-10(7)16-5-6-1-2-11(13)17-6/h1-4H,5H2. The molecule has 90 valence electrons. The molecule has 2 aromatic rings. The number of benzene rings is 1. The first-order chi connectivity index (χ1) is 8.06. The Hall–Kier alpha value is -0.100. The van der Waals surface area contributed by atoms with Crippen LogP contribution in [0.5, 0.6) is 5.75 Å². The lowest BCUT2D eigenvalue weighted by atomic mass is 10.3. The van der Waals surface area contributed by atoms with Crippen LogP contribution in [0.2, 0.25) is 5.02 Å². The van der Waals surface area contributed by atoms with Crippen LogP contribution in [-0.4, -0.2) is 0 Å². The van der Waals surface area contributed by atoms with Gasteiger partial charge in [-0.25, -0.2) is 4.39 Å². The number of hydrogen-bond donors (Lipinski definition) is 0. The zero-order valence-electron chi connectivity index (χ0n) is 8.34. The number of hydrogen-bond acceptors (Lipinski definition) is 2. The van der Waals surface area contributed by atoms with E-state index in [1.807, 2.05) is 12.1 Å². The Morgan fingerprint density at radius 2 is 2.06 bits per heavy atom. The van der Waals surface area contributed by atoms with Crippen molar-refractivity contribution in [2.24, 2.45) is 0 Å². The maximum atomic E-state index is 13.3. The van der Waals surface area contributed by atoms with Crippen molar-refractivity contribution in [3.63, 3.8) is 0 Å². The molecule has 0 aliphatic carbocycles. The molecule has 1 aromatic carbocycles. The van der Waals surface area contributed by atoms with Gasteiger partial charge in [0.25, 0.3) is 0 Å². The summed E-state index contributed by atoms with van der Waals surface area (Å²) in [5, 5.41) is 0.0723. The van der Waals surface area contributed by atoms with Gasteiger partial charge in [0.05, 0.1) is 13.3 Å². The van der Waals surface area contributed by atoms with Gasteiger partial charge in [-0.15, -0.1) is 11.3 Å². The predicted octanol–water partition coefficient (Wildman–Crippen LogP) is 5.64. The Morgan fingerprint density at radius 1 is 1.29 bits per heavy atom.